The molecule has 0 bridgehead atoms. The van der Waals surface area contributed by atoms with E-state index in [1.54, 1.807) is 0 Å². The molecule has 3 nitrogen and oxygen atoms in total. The van der Waals surface area contributed by atoms with Crippen molar-refractivity contribution in [2.45, 2.75) is 51.7 Å². The third-order valence-electron chi connectivity index (χ3n) is 3.89. The first-order valence-corrected chi connectivity index (χ1v) is 7.88. The van der Waals surface area contributed by atoms with Gasteiger partial charge in [-0.2, -0.15) is 0 Å². The fourth-order valence-corrected chi connectivity index (χ4v) is 3.08. The van der Waals surface area contributed by atoms with Crippen LogP contribution in [0.2, 0.25) is 0 Å². The highest BCUT2D eigenvalue weighted by molar-refractivity contribution is 9.10. The molecule has 0 radical (unpaired) electrons. The van der Waals surface area contributed by atoms with Crippen molar-refractivity contribution < 1.29 is 0 Å². The second-order valence-electron chi connectivity index (χ2n) is 6.07. The summed E-state index contributed by atoms with van der Waals surface area (Å²) in [5.41, 5.74) is 1.48. The molecule has 1 N–H and O–H groups in total. The zero-order valence-electron chi connectivity index (χ0n) is 12.1. The number of hydrogen-bond donors (Lipinski definition) is 1. The van der Waals surface area contributed by atoms with Crippen LogP contribution in [0.15, 0.2) is 22.9 Å². The Hall–Kier alpha value is -0.450. The van der Waals surface area contributed by atoms with E-state index in [-0.39, 0.29) is 5.54 Å². The average Bonchev–Trinajstić information content (AvgIpc) is 2.34. The number of aromatic nitrogens is 1. The summed E-state index contributed by atoms with van der Waals surface area (Å²) >= 11 is 3.50. The Morgan fingerprint density at radius 3 is 2.95 bits per heavy atom. The lowest BCUT2D eigenvalue weighted by Crippen LogP contribution is -2.61. The van der Waals surface area contributed by atoms with E-state index in [4.69, 9.17) is 0 Å². The Balaban J connectivity index is 2.06. The molecule has 1 saturated heterocycles. The zero-order chi connectivity index (χ0) is 13.9. The summed E-state index contributed by atoms with van der Waals surface area (Å²) in [6.45, 7) is 10.0. The fraction of sp³-hybridized carbons (Fsp3) is 0.667. The van der Waals surface area contributed by atoms with Crippen molar-refractivity contribution in [1.29, 1.82) is 0 Å². The number of nitrogens with zero attached hydrogens (tertiary/aromatic N) is 2. The lowest BCUT2D eigenvalue weighted by atomic mass is 9.95. The molecule has 1 aromatic heterocycles. The largest absolute Gasteiger partial charge is 0.311 e. The van der Waals surface area contributed by atoms with Crippen LogP contribution in [0, 0.1) is 0 Å². The molecule has 1 fully saturated rings. The van der Waals surface area contributed by atoms with Crippen LogP contribution in [-0.4, -0.2) is 34.6 Å². The first-order chi connectivity index (χ1) is 9.01. The molecule has 0 aliphatic carbocycles. The van der Waals surface area contributed by atoms with E-state index in [9.17, 15) is 0 Å². The minimum Gasteiger partial charge on any atom is -0.311 e. The topological polar surface area (TPSA) is 28.2 Å². The van der Waals surface area contributed by atoms with E-state index in [0.29, 0.717) is 6.04 Å². The maximum absolute atomic E-state index is 4.26. The van der Waals surface area contributed by atoms with Crippen LogP contribution in [-0.2, 0) is 6.54 Å². The lowest BCUT2D eigenvalue weighted by Gasteiger charge is -2.46. The van der Waals surface area contributed by atoms with Gasteiger partial charge < -0.3 is 5.32 Å². The van der Waals surface area contributed by atoms with Crippen LogP contribution in [0.5, 0.6) is 0 Å². The van der Waals surface area contributed by atoms with Gasteiger partial charge in [0.2, 0.25) is 0 Å². The van der Waals surface area contributed by atoms with Gasteiger partial charge in [0.1, 0.15) is 0 Å². The highest BCUT2D eigenvalue weighted by Crippen LogP contribution is 2.23. The molecule has 1 aromatic rings. The van der Waals surface area contributed by atoms with Gasteiger partial charge in [0.15, 0.2) is 0 Å². The first-order valence-electron chi connectivity index (χ1n) is 7.09. The second-order valence-corrected chi connectivity index (χ2v) is 6.99. The number of rotatable bonds is 4. The monoisotopic (exact) mass is 325 g/mol. The molecule has 1 unspecified atom stereocenters. The molecule has 1 atom stereocenters. The predicted molar refractivity (Wildman–Crippen MR) is 83.1 cm³/mol. The van der Waals surface area contributed by atoms with Crippen molar-refractivity contribution in [1.82, 2.24) is 15.2 Å². The van der Waals surface area contributed by atoms with Gasteiger partial charge in [-0.3, -0.25) is 9.88 Å². The molecule has 19 heavy (non-hydrogen) atoms. The minimum atomic E-state index is 0.201. The van der Waals surface area contributed by atoms with Gasteiger partial charge in [-0.25, -0.2) is 0 Å². The predicted octanol–water partition coefficient (Wildman–Crippen LogP) is 3.20. The zero-order valence-corrected chi connectivity index (χ0v) is 13.7. The molecule has 106 valence electrons. The van der Waals surface area contributed by atoms with Crippen molar-refractivity contribution in [2.24, 2.45) is 0 Å². The Labute approximate surface area is 124 Å². The van der Waals surface area contributed by atoms with Gasteiger partial charge in [-0.1, -0.05) is 13.3 Å². The molecule has 0 spiro atoms. The standard InChI is InChI=1S/C15H24BrN3/c1-4-5-14-10-19(15(2,3)11-18-14)9-12-6-13(16)8-17-7-12/h6-8,14,18H,4-5,9-11H2,1-3H3. The summed E-state index contributed by atoms with van der Waals surface area (Å²) in [5, 5.41) is 3.67. The summed E-state index contributed by atoms with van der Waals surface area (Å²) in [4.78, 5) is 6.84. The van der Waals surface area contributed by atoms with Gasteiger partial charge in [0, 0.05) is 48.1 Å². The molecule has 0 amide bonds. The van der Waals surface area contributed by atoms with E-state index in [2.05, 4.69) is 58.0 Å². The number of nitrogens with one attached hydrogen (secondary N) is 1. The smallest absolute Gasteiger partial charge is 0.0410 e. The SMILES string of the molecule is CCCC1CN(Cc2cncc(Br)c2)C(C)(C)CN1. The van der Waals surface area contributed by atoms with Crippen LogP contribution in [0.25, 0.3) is 0 Å². The quantitative estimate of drug-likeness (QED) is 0.921. The third kappa shape index (κ3) is 4.01. The summed E-state index contributed by atoms with van der Waals surface area (Å²) in [5.74, 6) is 0. The van der Waals surface area contributed by atoms with Gasteiger partial charge in [-0.15, -0.1) is 0 Å². The molecular formula is C15H24BrN3. The van der Waals surface area contributed by atoms with Crippen LogP contribution in [0.3, 0.4) is 0 Å². The number of hydrogen-bond acceptors (Lipinski definition) is 3. The van der Waals surface area contributed by atoms with Crippen LogP contribution in [0.1, 0.15) is 39.2 Å². The minimum absolute atomic E-state index is 0.201. The van der Waals surface area contributed by atoms with E-state index >= 15 is 0 Å². The third-order valence-corrected chi connectivity index (χ3v) is 4.33. The Morgan fingerprint density at radius 1 is 1.47 bits per heavy atom. The number of pyridine rings is 1. The second kappa shape index (κ2) is 6.33. The average molecular weight is 326 g/mol. The number of piperazine rings is 1. The maximum Gasteiger partial charge on any atom is 0.0410 e. The lowest BCUT2D eigenvalue weighted by molar-refractivity contribution is 0.0563. The maximum atomic E-state index is 4.26. The van der Waals surface area contributed by atoms with Crippen molar-refractivity contribution in [3.05, 3.63) is 28.5 Å². The summed E-state index contributed by atoms with van der Waals surface area (Å²) in [6.07, 6.45) is 6.30. The van der Waals surface area contributed by atoms with E-state index < -0.39 is 0 Å². The normalized spacial score (nSPS) is 23.5. The molecule has 4 heteroatoms. The van der Waals surface area contributed by atoms with Crippen molar-refractivity contribution in [3.8, 4) is 0 Å². The molecular weight excluding hydrogens is 302 g/mol. The van der Waals surface area contributed by atoms with Gasteiger partial charge in [0.05, 0.1) is 0 Å². The summed E-state index contributed by atoms with van der Waals surface area (Å²) < 4.78 is 1.06. The Kier molecular flexibility index (Phi) is 4.98. The van der Waals surface area contributed by atoms with Crippen LogP contribution >= 0.6 is 15.9 Å². The van der Waals surface area contributed by atoms with Crippen LogP contribution < -0.4 is 5.32 Å². The fourth-order valence-electron chi connectivity index (χ4n) is 2.67. The van der Waals surface area contributed by atoms with Gasteiger partial charge in [-0.05, 0) is 47.8 Å². The van der Waals surface area contributed by atoms with Crippen molar-refractivity contribution in [3.63, 3.8) is 0 Å². The molecule has 2 heterocycles. The van der Waals surface area contributed by atoms with Crippen molar-refractivity contribution in [2.75, 3.05) is 13.1 Å². The Morgan fingerprint density at radius 2 is 2.26 bits per heavy atom. The van der Waals surface area contributed by atoms with E-state index in [1.165, 1.54) is 18.4 Å². The molecule has 1 aliphatic rings. The molecule has 0 aromatic carbocycles. The van der Waals surface area contributed by atoms with Gasteiger partial charge >= 0.3 is 0 Å². The molecule has 1 aliphatic heterocycles. The van der Waals surface area contributed by atoms with Crippen molar-refractivity contribution >= 4 is 15.9 Å². The van der Waals surface area contributed by atoms with E-state index in [0.717, 1.165) is 24.1 Å². The summed E-state index contributed by atoms with van der Waals surface area (Å²) in [7, 11) is 0. The molecule has 2 rings (SSSR count). The Bertz CT molecular complexity index is 420. The van der Waals surface area contributed by atoms with Crippen LogP contribution in [0.4, 0.5) is 0 Å². The van der Waals surface area contributed by atoms with Gasteiger partial charge in [0.25, 0.3) is 0 Å². The number of halogens is 1. The highest BCUT2D eigenvalue weighted by atomic mass is 79.9. The van der Waals surface area contributed by atoms with E-state index in [1.807, 2.05) is 12.4 Å². The molecule has 0 saturated carbocycles. The summed E-state index contributed by atoms with van der Waals surface area (Å²) in [6, 6.07) is 2.79. The first kappa shape index (κ1) is 14.9. The highest BCUT2D eigenvalue weighted by Gasteiger charge is 2.33.